The zero-order valence-electron chi connectivity index (χ0n) is 29.8. The molecule has 2 aromatic carbocycles. The van der Waals surface area contributed by atoms with Crippen molar-refractivity contribution in [2.45, 2.75) is 79.9 Å². The van der Waals surface area contributed by atoms with E-state index < -0.39 is 37.0 Å². The molecule has 4 rings (SSSR count). The van der Waals surface area contributed by atoms with Crippen molar-refractivity contribution in [3.63, 3.8) is 0 Å². The molecule has 0 amide bonds. The lowest BCUT2D eigenvalue weighted by Gasteiger charge is -2.29. The summed E-state index contributed by atoms with van der Waals surface area (Å²) in [4.78, 5) is 12.8. The van der Waals surface area contributed by atoms with Gasteiger partial charge in [-0.3, -0.25) is 13.9 Å². The SMILES string of the molecule is CCN1/C(=C/C=C/C=C/C2=[N+](CCCCCC(=O)O)c3ccc(S(=O)(=O)O)cc3C2(C)CCOC)C(C)(CCOC)c2cc(S(=O)(=O)O)ccc21. The van der Waals surface area contributed by atoms with Gasteiger partial charge in [0.05, 0.1) is 15.2 Å². The largest absolute Gasteiger partial charge is 0.481 e. The number of carboxylic acids is 1. The number of likely N-dealkylation sites (N-methyl/N-ethyl adjacent to an activating group) is 1. The number of hydrogen-bond acceptors (Lipinski definition) is 8. The molecule has 51 heavy (non-hydrogen) atoms. The van der Waals surface area contributed by atoms with Gasteiger partial charge in [-0.05, 0) is 88.4 Å². The predicted molar refractivity (Wildman–Crippen MR) is 195 cm³/mol. The van der Waals surface area contributed by atoms with Crippen molar-refractivity contribution in [2.24, 2.45) is 0 Å². The van der Waals surface area contributed by atoms with E-state index in [9.17, 15) is 30.7 Å². The Balaban J connectivity index is 1.75. The molecule has 0 aromatic heterocycles. The summed E-state index contributed by atoms with van der Waals surface area (Å²) in [6.07, 6.45) is 12.8. The van der Waals surface area contributed by atoms with Gasteiger partial charge in [0.2, 0.25) is 5.69 Å². The minimum absolute atomic E-state index is 0.0867. The first-order valence-electron chi connectivity index (χ1n) is 16.9. The van der Waals surface area contributed by atoms with Gasteiger partial charge in [0.15, 0.2) is 5.71 Å². The molecule has 278 valence electrons. The Hall–Kier alpha value is -3.66. The molecule has 0 saturated heterocycles. The van der Waals surface area contributed by atoms with Crippen LogP contribution in [0.1, 0.15) is 70.4 Å². The Kier molecular flexibility index (Phi) is 12.9. The van der Waals surface area contributed by atoms with Crippen molar-refractivity contribution in [3.8, 4) is 0 Å². The van der Waals surface area contributed by atoms with Crippen LogP contribution >= 0.6 is 0 Å². The predicted octanol–water partition coefficient (Wildman–Crippen LogP) is 6.05. The summed E-state index contributed by atoms with van der Waals surface area (Å²) in [5, 5.41) is 9.08. The number of unbranched alkanes of at least 4 members (excludes halogenated alkanes) is 2. The number of ether oxygens (including phenoxy) is 2. The van der Waals surface area contributed by atoms with Crippen LogP contribution in [0.4, 0.5) is 11.4 Å². The number of carboxylic acid groups (broad SMARTS) is 1. The van der Waals surface area contributed by atoms with Crippen LogP contribution in [0.3, 0.4) is 0 Å². The van der Waals surface area contributed by atoms with Crippen molar-refractivity contribution in [1.82, 2.24) is 0 Å². The molecule has 14 heteroatoms. The third-order valence-electron chi connectivity index (χ3n) is 9.95. The molecule has 2 aliphatic rings. The van der Waals surface area contributed by atoms with E-state index in [1.165, 1.54) is 24.3 Å². The molecular formula is C37H49N2O10S2+. The van der Waals surface area contributed by atoms with Crippen molar-refractivity contribution < 1.29 is 49.9 Å². The van der Waals surface area contributed by atoms with Gasteiger partial charge in [0.1, 0.15) is 6.54 Å². The Morgan fingerprint density at radius 1 is 0.843 bits per heavy atom. The molecule has 3 N–H and O–H groups in total. The number of fused-ring (bicyclic) bond motifs is 2. The second-order valence-corrected chi connectivity index (χ2v) is 16.1. The highest BCUT2D eigenvalue weighted by Gasteiger charge is 2.48. The molecule has 2 atom stereocenters. The van der Waals surface area contributed by atoms with Crippen LogP contribution in [0, 0.1) is 0 Å². The van der Waals surface area contributed by atoms with E-state index in [4.69, 9.17) is 14.6 Å². The van der Waals surface area contributed by atoms with E-state index in [0.29, 0.717) is 58.4 Å². The van der Waals surface area contributed by atoms with Crippen LogP contribution in [0.2, 0.25) is 0 Å². The number of methoxy groups -OCH3 is 2. The number of benzene rings is 2. The van der Waals surface area contributed by atoms with Crippen LogP contribution in [0.25, 0.3) is 0 Å². The van der Waals surface area contributed by atoms with E-state index in [1.54, 1.807) is 26.4 Å². The van der Waals surface area contributed by atoms with Crippen molar-refractivity contribution in [1.29, 1.82) is 0 Å². The fourth-order valence-corrected chi connectivity index (χ4v) is 8.20. The maximum Gasteiger partial charge on any atom is 0.303 e. The lowest BCUT2D eigenvalue weighted by Crippen LogP contribution is -2.33. The van der Waals surface area contributed by atoms with Crippen LogP contribution in [0.5, 0.6) is 0 Å². The highest BCUT2D eigenvalue weighted by atomic mass is 32.2. The quantitative estimate of drug-likeness (QED) is 0.0703. The number of nitrogens with zero attached hydrogens (tertiary/aromatic N) is 2. The third kappa shape index (κ3) is 8.70. The summed E-state index contributed by atoms with van der Waals surface area (Å²) in [5.74, 6) is -0.839. The molecule has 2 unspecified atom stereocenters. The molecule has 0 spiro atoms. The van der Waals surface area contributed by atoms with Crippen LogP contribution < -0.4 is 4.90 Å². The topological polar surface area (TPSA) is 171 Å². The van der Waals surface area contributed by atoms with Gasteiger partial charge in [-0.1, -0.05) is 18.2 Å². The lowest BCUT2D eigenvalue weighted by molar-refractivity contribution is -0.438. The minimum atomic E-state index is -4.45. The second kappa shape index (κ2) is 16.3. The normalized spacial score (nSPS) is 21.4. The van der Waals surface area contributed by atoms with Gasteiger partial charge in [0, 0.05) is 81.3 Å². The van der Waals surface area contributed by atoms with Crippen LogP contribution in [-0.4, -0.2) is 87.8 Å². The summed E-state index contributed by atoms with van der Waals surface area (Å²) in [6.45, 7) is 8.08. The molecule has 2 heterocycles. The lowest BCUT2D eigenvalue weighted by atomic mass is 9.76. The molecule has 0 bridgehead atoms. The standard InChI is InChI=1S/C37H48N2O10S2/c1-6-38-31-18-16-27(50(42,43)44)25-29(31)36(2,20-23-48-4)33(38)13-9-7-10-14-34-37(3,21-24-49-5)30-26-28(51(45,46)47)17-19-32(30)39(34)22-12-8-11-15-35(40)41/h7,9-10,13-14,16-19,25-26H,6,8,11-12,15,20-24H2,1-5H3,(H2-,40,41,42,43,44,45,46,47)/p+1. The van der Waals surface area contributed by atoms with E-state index >= 15 is 0 Å². The maximum absolute atomic E-state index is 12.1. The number of carbonyl (C=O) groups is 1. The summed E-state index contributed by atoms with van der Waals surface area (Å²) in [7, 11) is -5.64. The van der Waals surface area contributed by atoms with Crippen molar-refractivity contribution in [2.75, 3.05) is 45.4 Å². The first-order chi connectivity index (χ1) is 24.0. The number of hydrogen-bond donors (Lipinski definition) is 3. The van der Waals surface area contributed by atoms with Crippen LogP contribution in [0.15, 0.2) is 82.3 Å². The molecule has 2 aliphatic heterocycles. The Labute approximate surface area is 301 Å². The molecule has 12 nitrogen and oxygen atoms in total. The number of allylic oxidation sites excluding steroid dienone is 6. The van der Waals surface area contributed by atoms with Gasteiger partial charge in [-0.2, -0.15) is 21.4 Å². The highest BCUT2D eigenvalue weighted by Crippen LogP contribution is 2.50. The van der Waals surface area contributed by atoms with E-state index in [0.717, 1.165) is 33.9 Å². The number of aliphatic carboxylic acids is 1. The zero-order chi connectivity index (χ0) is 37.6. The van der Waals surface area contributed by atoms with E-state index in [1.807, 2.05) is 51.2 Å². The van der Waals surface area contributed by atoms with Gasteiger partial charge in [-0.15, -0.1) is 0 Å². The Morgan fingerprint density at radius 2 is 1.45 bits per heavy atom. The second-order valence-electron chi connectivity index (χ2n) is 13.2. The monoisotopic (exact) mass is 745 g/mol. The fraction of sp³-hybridized carbons (Fsp3) is 0.459. The molecular weight excluding hydrogens is 697 g/mol. The fourth-order valence-electron chi connectivity index (χ4n) is 7.18. The van der Waals surface area contributed by atoms with Crippen molar-refractivity contribution in [3.05, 3.63) is 83.6 Å². The number of anilines is 1. The Morgan fingerprint density at radius 3 is 2.04 bits per heavy atom. The first kappa shape index (κ1) is 40.1. The first-order valence-corrected chi connectivity index (χ1v) is 19.8. The molecule has 2 aromatic rings. The summed E-state index contributed by atoms with van der Waals surface area (Å²) < 4.78 is 81.0. The third-order valence-corrected chi connectivity index (χ3v) is 11.6. The van der Waals surface area contributed by atoms with Gasteiger partial charge in [0.25, 0.3) is 20.2 Å². The van der Waals surface area contributed by atoms with Gasteiger partial charge >= 0.3 is 5.97 Å². The molecule has 0 aliphatic carbocycles. The average molecular weight is 746 g/mol. The van der Waals surface area contributed by atoms with E-state index in [-0.39, 0.29) is 16.2 Å². The van der Waals surface area contributed by atoms with Crippen molar-refractivity contribution >= 4 is 43.3 Å². The molecule has 0 fully saturated rings. The van der Waals surface area contributed by atoms with Gasteiger partial charge in [-0.25, -0.2) is 0 Å². The van der Waals surface area contributed by atoms with Crippen LogP contribution in [-0.2, 0) is 45.3 Å². The zero-order valence-corrected chi connectivity index (χ0v) is 31.5. The average Bonchev–Trinajstić information content (AvgIpc) is 3.45. The molecule has 0 saturated carbocycles. The molecule has 0 radical (unpaired) electrons. The van der Waals surface area contributed by atoms with Gasteiger partial charge < -0.3 is 19.5 Å². The maximum atomic E-state index is 12.1. The Bertz CT molecular complexity index is 1970. The number of rotatable bonds is 18. The summed E-state index contributed by atoms with van der Waals surface area (Å²) in [5.41, 5.74) is 3.75. The highest BCUT2D eigenvalue weighted by molar-refractivity contribution is 7.86. The smallest absolute Gasteiger partial charge is 0.303 e. The summed E-state index contributed by atoms with van der Waals surface area (Å²) in [6, 6.07) is 9.27. The van der Waals surface area contributed by atoms with E-state index in [2.05, 4.69) is 9.48 Å². The minimum Gasteiger partial charge on any atom is -0.481 e. The summed E-state index contributed by atoms with van der Waals surface area (Å²) >= 11 is 0.